The Morgan fingerprint density at radius 1 is 1.35 bits per heavy atom. The Bertz CT molecular complexity index is 561. The van der Waals surface area contributed by atoms with Crippen LogP contribution in [0.1, 0.15) is 21.7 Å². The number of nitrogens with two attached hydrogens (primary N) is 1. The molecule has 0 atom stereocenters. The van der Waals surface area contributed by atoms with E-state index < -0.39 is 0 Å². The van der Waals surface area contributed by atoms with E-state index in [0.29, 0.717) is 22.8 Å². The molecule has 0 bridgehead atoms. The van der Waals surface area contributed by atoms with Crippen LogP contribution in [0.2, 0.25) is 0 Å². The molecule has 0 saturated heterocycles. The number of carbonyl (C=O) groups is 1. The fourth-order valence-corrected chi connectivity index (χ4v) is 1.49. The van der Waals surface area contributed by atoms with E-state index in [0.717, 1.165) is 5.56 Å². The molecule has 88 valence electrons. The number of anilines is 2. The second-order valence-corrected chi connectivity index (χ2v) is 3.85. The van der Waals surface area contributed by atoms with Gasteiger partial charge in [0.1, 0.15) is 5.76 Å². The number of amides is 1. The van der Waals surface area contributed by atoms with Crippen LogP contribution in [0.5, 0.6) is 0 Å². The second kappa shape index (κ2) is 4.29. The number of hydrogen-bond donors (Lipinski definition) is 2. The molecule has 2 aromatic rings. The molecule has 5 nitrogen and oxygen atoms in total. The number of nitrogen functional groups attached to an aromatic ring is 1. The van der Waals surface area contributed by atoms with Crippen molar-refractivity contribution in [3.63, 3.8) is 0 Å². The SMILES string of the molecule is Cc1cc(NC(=O)c2cc(N)ccc2C)no1. The molecular formula is C12H13N3O2. The van der Waals surface area contributed by atoms with Gasteiger partial charge >= 0.3 is 0 Å². The van der Waals surface area contributed by atoms with E-state index in [-0.39, 0.29) is 5.91 Å². The minimum absolute atomic E-state index is 0.247. The largest absolute Gasteiger partial charge is 0.399 e. The zero-order chi connectivity index (χ0) is 12.4. The number of rotatable bonds is 2. The monoisotopic (exact) mass is 231 g/mol. The fourth-order valence-electron chi connectivity index (χ4n) is 1.49. The molecule has 0 aliphatic heterocycles. The lowest BCUT2D eigenvalue weighted by molar-refractivity contribution is 0.102. The van der Waals surface area contributed by atoms with Gasteiger partial charge in [0.25, 0.3) is 5.91 Å². The summed E-state index contributed by atoms with van der Waals surface area (Å²) in [4.78, 5) is 11.9. The summed E-state index contributed by atoms with van der Waals surface area (Å²) in [5, 5.41) is 6.34. The van der Waals surface area contributed by atoms with E-state index in [1.54, 1.807) is 31.2 Å². The van der Waals surface area contributed by atoms with Gasteiger partial charge in [-0.05, 0) is 31.5 Å². The normalized spacial score (nSPS) is 10.2. The van der Waals surface area contributed by atoms with Crippen molar-refractivity contribution in [2.75, 3.05) is 11.1 Å². The number of aromatic nitrogens is 1. The first-order valence-electron chi connectivity index (χ1n) is 5.17. The van der Waals surface area contributed by atoms with Gasteiger partial charge in [-0.25, -0.2) is 0 Å². The summed E-state index contributed by atoms with van der Waals surface area (Å²) >= 11 is 0. The van der Waals surface area contributed by atoms with Crippen molar-refractivity contribution in [3.8, 4) is 0 Å². The van der Waals surface area contributed by atoms with E-state index in [1.807, 2.05) is 6.92 Å². The van der Waals surface area contributed by atoms with Crippen LogP contribution in [0.25, 0.3) is 0 Å². The van der Waals surface area contributed by atoms with E-state index in [2.05, 4.69) is 10.5 Å². The van der Waals surface area contributed by atoms with Crippen LogP contribution in [0, 0.1) is 13.8 Å². The Kier molecular flexibility index (Phi) is 2.82. The van der Waals surface area contributed by atoms with E-state index >= 15 is 0 Å². The summed E-state index contributed by atoms with van der Waals surface area (Å²) in [6.07, 6.45) is 0. The minimum atomic E-state index is -0.247. The molecule has 1 aromatic carbocycles. The highest BCUT2D eigenvalue weighted by molar-refractivity contribution is 6.05. The summed E-state index contributed by atoms with van der Waals surface area (Å²) in [7, 11) is 0. The molecule has 2 rings (SSSR count). The lowest BCUT2D eigenvalue weighted by Crippen LogP contribution is -2.13. The quantitative estimate of drug-likeness (QED) is 0.776. The van der Waals surface area contributed by atoms with Crippen LogP contribution in [0.15, 0.2) is 28.8 Å². The maximum Gasteiger partial charge on any atom is 0.257 e. The molecule has 0 aliphatic carbocycles. The molecular weight excluding hydrogens is 218 g/mol. The van der Waals surface area contributed by atoms with Gasteiger partial charge in [0, 0.05) is 17.3 Å². The molecule has 0 spiro atoms. The van der Waals surface area contributed by atoms with E-state index in [4.69, 9.17) is 10.3 Å². The second-order valence-electron chi connectivity index (χ2n) is 3.85. The molecule has 1 heterocycles. The van der Waals surface area contributed by atoms with Crippen molar-refractivity contribution in [2.24, 2.45) is 0 Å². The van der Waals surface area contributed by atoms with Crippen LogP contribution in [-0.4, -0.2) is 11.1 Å². The lowest BCUT2D eigenvalue weighted by atomic mass is 10.1. The highest BCUT2D eigenvalue weighted by atomic mass is 16.5. The third-order valence-corrected chi connectivity index (χ3v) is 2.38. The molecule has 17 heavy (non-hydrogen) atoms. The zero-order valence-corrected chi connectivity index (χ0v) is 9.65. The van der Waals surface area contributed by atoms with Crippen molar-refractivity contribution in [3.05, 3.63) is 41.2 Å². The number of benzene rings is 1. The Morgan fingerprint density at radius 3 is 2.76 bits per heavy atom. The first kappa shape index (κ1) is 11.2. The number of carbonyl (C=O) groups excluding carboxylic acids is 1. The highest BCUT2D eigenvalue weighted by Crippen LogP contribution is 2.15. The third kappa shape index (κ3) is 2.44. The molecule has 0 fully saturated rings. The van der Waals surface area contributed by atoms with Gasteiger partial charge in [0.05, 0.1) is 0 Å². The summed E-state index contributed by atoms with van der Waals surface area (Å²) < 4.78 is 4.87. The predicted octanol–water partition coefficient (Wildman–Crippen LogP) is 2.13. The average molecular weight is 231 g/mol. The third-order valence-electron chi connectivity index (χ3n) is 2.38. The van der Waals surface area contributed by atoms with Gasteiger partial charge in [0.2, 0.25) is 0 Å². The standard InChI is InChI=1S/C12H13N3O2/c1-7-3-4-9(13)6-10(7)12(16)14-11-5-8(2)17-15-11/h3-6H,13H2,1-2H3,(H,14,15,16). The smallest absolute Gasteiger partial charge is 0.257 e. The molecule has 0 radical (unpaired) electrons. The summed E-state index contributed by atoms with van der Waals surface area (Å²) in [6.45, 7) is 3.61. The number of hydrogen-bond acceptors (Lipinski definition) is 4. The molecule has 5 heteroatoms. The van der Waals surface area contributed by atoms with Crippen LogP contribution in [-0.2, 0) is 0 Å². The summed E-state index contributed by atoms with van der Waals surface area (Å²) in [5.41, 5.74) is 7.59. The average Bonchev–Trinajstić information content (AvgIpc) is 2.67. The Hall–Kier alpha value is -2.30. The van der Waals surface area contributed by atoms with Gasteiger partial charge in [-0.3, -0.25) is 4.79 Å². The van der Waals surface area contributed by atoms with Gasteiger partial charge in [-0.1, -0.05) is 11.2 Å². The number of aryl methyl sites for hydroxylation is 2. The first-order valence-corrected chi connectivity index (χ1v) is 5.17. The van der Waals surface area contributed by atoms with Crippen molar-refractivity contribution in [2.45, 2.75) is 13.8 Å². The Labute approximate surface area is 98.6 Å². The molecule has 3 N–H and O–H groups in total. The Balaban J connectivity index is 2.22. The van der Waals surface area contributed by atoms with E-state index in [9.17, 15) is 4.79 Å². The maximum absolute atomic E-state index is 11.9. The van der Waals surface area contributed by atoms with Crippen LogP contribution >= 0.6 is 0 Å². The summed E-state index contributed by atoms with van der Waals surface area (Å²) in [6, 6.07) is 6.85. The lowest BCUT2D eigenvalue weighted by Gasteiger charge is -2.05. The topological polar surface area (TPSA) is 81.2 Å². The van der Waals surface area contributed by atoms with Crippen LogP contribution < -0.4 is 11.1 Å². The summed E-state index contributed by atoms with van der Waals surface area (Å²) in [5.74, 6) is 0.794. The van der Waals surface area contributed by atoms with Gasteiger partial charge < -0.3 is 15.6 Å². The first-order chi connectivity index (χ1) is 8.06. The van der Waals surface area contributed by atoms with Crippen molar-refractivity contribution in [1.29, 1.82) is 0 Å². The Morgan fingerprint density at radius 2 is 2.12 bits per heavy atom. The van der Waals surface area contributed by atoms with Gasteiger partial charge in [0.15, 0.2) is 5.82 Å². The van der Waals surface area contributed by atoms with Crippen LogP contribution in [0.3, 0.4) is 0 Å². The molecule has 0 saturated carbocycles. The van der Waals surface area contributed by atoms with Crippen molar-refractivity contribution in [1.82, 2.24) is 5.16 Å². The van der Waals surface area contributed by atoms with E-state index in [1.165, 1.54) is 0 Å². The zero-order valence-electron chi connectivity index (χ0n) is 9.65. The fraction of sp³-hybridized carbons (Fsp3) is 0.167. The van der Waals surface area contributed by atoms with Crippen molar-refractivity contribution >= 4 is 17.4 Å². The van der Waals surface area contributed by atoms with Gasteiger partial charge in [-0.2, -0.15) is 0 Å². The number of nitrogens with zero attached hydrogens (tertiary/aromatic N) is 1. The maximum atomic E-state index is 11.9. The number of nitrogens with one attached hydrogen (secondary N) is 1. The highest BCUT2D eigenvalue weighted by Gasteiger charge is 2.11. The molecule has 1 aromatic heterocycles. The van der Waals surface area contributed by atoms with Crippen molar-refractivity contribution < 1.29 is 9.32 Å². The molecule has 1 amide bonds. The van der Waals surface area contributed by atoms with Gasteiger partial charge in [-0.15, -0.1) is 0 Å². The van der Waals surface area contributed by atoms with Crippen LogP contribution in [0.4, 0.5) is 11.5 Å². The minimum Gasteiger partial charge on any atom is -0.399 e. The predicted molar refractivity (Wildman–Crippen MR) is 64.8 cm³/mol. The molecule has 0 unspecified atom stereocenters. The molecule has 0 aliphatic rings.